The molecule has 3 heterocycles. The van der Waals surface area contributed by atoms with Crippen molar-refractivity contribution < 1.29 is 9.90 Å². The largest absolute Gasteiger partial charge is 0.394 e. The van der Waals surface area contributed by atoms with Gasteiger partial charge in [-0.15, -0.1) is 0 Å². The maximum atomic E-state index is 13.4. The third-order valence-electron chi connectivity index (χ3n) is 7.55. The first-order valence-corrected chi connectivity index (χ1v) is 11.4. The average Bonchev–Trinajstić information content (AvgIpc) is 3.39. The van der Waals surface area contributed by atoms with Gasteiger partial charge < -0.3 is 10.4 Å². The van der Waals surface area contributed by atoms with Crippen molar-refractivity contribution in [2.45, 2.75) is 90.4 Å². The summed E-state index contributed by atoms with van der Waals surface area (Å²) < 4.78 is 1.83. The van der Waals surface area contributed by atoms with Crippen LogP contribution in [0.1, 0.15) is 69.5 Å². The Labute approximate surface area is 174 Å². The second-order valence-electron chi connectivity index (χ2n) is 9.15. The van der Waals surface area contributed by atoms with Crippen LogP contribution in [0.5, 0.6) is 0 Å². The van der Waals surface area contributed by atoms with E-state index in [0.29, 0.717) is 18.6 Å². The molecule has 6 heteroatoms. The molecule has 2 fully saturated rings. The Morgan fingerprint density at radius 1 is 1.38 bits per heavy atom. The van der Waals surface area contributed by atoms with Gasteiger partial charge in [-0.25, -0.2) is 0 Å². The van der Waals surface area contributed by atoms with Crippen LogP contribution in [0, 0.1) is 12.3 Å². The van der Waals surface area contributed by atoms with Gasteiger partial charge in [0, 0.05) is 36.9 Å². The number of nitrogens with one attached hydrogen (secondary N) is 1. The van der Waals surface area contributed by atoms with Gasteiger partial charge in [0.2, 0.25) is 5.91 Å². The SMILES string of the molecule is CC[C@@]1(C(=O)NCC2=CCCCC2)C[C@@H]2CC[C@H]1N2Cc1cn(CCO)nc1C. The molecular formula is C23H36N4O2. The zero-order valence-electron chi connectivity index (χ0n) is 18.0. The minimum atomic E-state index is -0.257. The lowest BCUT2D eigenvalue weighted by atomic mass is 9.71. The van der Waals surface area contributed by atoms with E-state index >= 15 is 0 Å². The van der Waals surface area contributed by atoms with Gasteiger partial charge in [-0.1, -0.05) is 18.6 Å². The third kappa shape index (κ3) is 3.89. The number of aliphatic hydroxyl groups excluding tert-OH is 1. The molecule has 0 spiro atoms. The van der Waals surface area contributed by atoms with Crippen molar-refractivity contribution >= 4 is 5.91 Å². The summed E-state index contributed by atoms with van der Waals surface area (Å²) in [6.07, 6.45) is 13.4. The maximum absolute atomic E-state index is 13.4. The number of aromatic nitrogens is 2. The van der Waals surface area contributed by atoms with Gasteiger partial charge in [0.25, 0.3) is 0 Å². The molecule has 3 atom stereocenters. The second kappa shape index (κ2) is 8.60. The van der Waals surface area contributed by atoms with E-state index in [9.17, 15) is 9.90 Å². The van der Waals surface area contributed by atoms with E-state index in [1.807, 2.05) is 11.6 Å². The zero-order valence-corrected chi connectivity index (χ0v) is 18.0. The fraction of sp³-hybridized carbons (Fsp3) is 0.739. The molecule has 1 aliphatic carbocycles. The van der Waals surface area contributed by atoms with Crippen molar-refractivity contribution in [2.24, 2.45) is 5.41 Å². The number of allylic oxidation sites excluding steroid dienone is 1. The fourth-order valence-corrected chi connectivity index (χ4v) is 5.89. The van der Waals surface area contributed by atoms with E-state index in [-0.39, 0.29) is 17.9 Å². The van der Waals surface area contributed by atoms with E-state index in [2.05, 4.69) is 34.5 Å². The number of amides is 1. The monoisotopic (exact) mass is 400 g/mol. The molecule has 3 aliphatic rings. The van der Waals surface area contributed by atoms with Crippen LogP contribution in [0.25, 0.3) is 0 Å². The first-order chi connectivity index (χ1) is 14.1. The summed E-state index contributed by atoms with van der Waals surface area (Å²) in [5.41, 5.74) is 3.39. The average molecular weight is 401 g/mol. The summed E-state index contributed by atoms with van der Waals surface area (Å²) >= 11 is 0. The van der Waals surface area contributed by atoms with Crippen LogP contribution in [-0.2, 0) is 17.9 Å². The van der Waals surface area contributed by atoms with Gasteiger partial charge in [0.05, 0.1) is 24.3 Å². The molecule has 2 N–H and O–H groups in total. The molecule has 0 unspecified atom stereocenters. The van der Waals surface area contributed by atoms with Crippen LogP contribution < -0.4 is 5.32 Å². The lowest BCUT2D eigenvalue weighted by molar-refractivity contribution is -0.133. The Morgan fingerprint density at radius 3 is 2.97 bits per heavy atom. The molecule has 6 nitrogen and oxygen atoms in total. The van der Waals surface area contributed by atoms with Crippen LogP contribution in [0.3, 0.4) is 0 Å². The van der Waals surface area contributed by atoms with Crippen LogP contribution in [0.2, 0.25) is 0 Å². The fourth-order valence-electron chi connectivity index (χ4n) is 5.89. The first-order valence-electron chi connectivity index (χ1n) is 11.4. The quantitative estimate of drug-likeness (QED) is 0.658. The first kappa shape index (κ1) is 20.6. The number of fused-ring (bicyclic) bond motifs is 2. The molecule has 4 rings (SSSR count). The standard InChI is InChI=1S/C23H36N4O2/c1-3-23(22(29)24-14-18-7-5-4-6-8-18)13-20-9-10-21(23)27(20)16-19-15-26(11-12-28)25-17(19)2/h7,15,20-21,28H,3-6,8-14,16H2,1-2H3,(H,24,29)/t20-,21+,23+/m0/s1. The van der Waals surface area contributed by atoms with E-state index in [0.717, 1.165) is 50.9 Å². The van der Waals surface area contributed by atoms with Crippen molar-refractivity contribution in [3.05, 3.63) is 29.1 Å². The highest BCUT2D eigenvalue weighted by Gasteiger charge is 2.58. The molecule has 1 amide bonds. The molecule has 2 bridgehead atoms. The van der Waals surface area contributed by atoms with Crippen molar-refractivity contribution in [2.75, 3.05) is 13.2 Å². The molecule has 160 valence electrons. The summed E-state index contributed by atoms with van der Waals surface area (Å²) in [7, 11) is 0. The molecule has 0 saturated carbocycles. The highest BCUT2D eigenvalue weighted by Crippen LogP contribution is 2.52. The van der Waals surface area contributed by atoms with Crippen LogP contribution in [0.15, 0.2) is 17.8 Å². The molecule has 0 radical (unpaired) electrons. The van der Waals surface area contributed by atoms with E-state index in [4.69, 9.17) is 0 Å². The number of aryl methyl sites for hydroxylation is 1. The van der Waals surface area contributed by atoms with Crippen molar-refractivity contribution in [1.29, 1.82) is 0 Å². The summed E-state index contributed by atoms with van der Waals surface area (Å²) in [4.78, 5) is 15.9. The van der Waals surface area contributed by atoms with Crippen LogP contribution >= 0.6 is 0 Å². The van der Waals surface area contributed by atoms with Crippen molar-refractivity contribution in [3.8, 4) is 0 Å². The van der Waals surface area contributed by atoms with Crippen LogP contribution in [-0.4, -0.2) is 50.9 Å². The number of rotatable bonds is 8. The Hall–Kier alpha value is -1.66. The molecule has 2 saturated heterocycles. The Kier molecular flexibility index (Phi) is 6.11. The minimum absolute atomic E-state index is 0.102. The van der Waals surface area contributed by atoms with Crippen LogP contribution in [0.4, 0.5) is 0 Å². The number of carbonyl (C=O) groups excluding carboxylic acids is 1. The lowest BCUT2D eigenvalue weighted by Crippen LogP contribution is -2.49. The van der Waals surface area contributed by atoms with Gasteiger partial charge in [-0.2, -0.15) is 5.10 Å². The van der Waals surface area contributed by atoms with Crippen molar-refractivity contribution in [3.63, 3.8) is 0 Å². The highest BCUT2D eigenvalue weighted by atomic mass is 16.3. The Bertz CT molecular complexity index is 771. The summed E-state index contributed by atoms with van der Waals surface area (Å²) in [5, 5.41) is 17.0. The number of hydrogen-bond donors (Lipinski definition) is 2. The van der Waals surface area contributed by atoms with Gasteiger partial charge in [-0.3, -0.25) is 14.4 Å². The molecule has 29 heavy (non-hydrogen) atoms. The van der Waals surface area contributed by atoms with Gasteiger partial charge in [0.1, 0.15) is 0 Å². The highest BCUT2D eigenvalue weighted by molar-refractivity contribution is 5.84. The van der Waals surface area contributed by atoms with E-state index in [1.165, 1.54) is 30.4 Å². The molecular weight excluding hydrogens is 364 g/mol. The summed E-state index contributed by atoms with van der Waals surface area (Å²) in [6, 6.07) is 0.804. The Morgan fingerprint density at radius 2 is 2.24 bits per heavy atom. The smallest absolute Gasteiger partial charge is 0.228 e. The number of aliphatic hydroxyl groups is 1. The van der Waals surface area contributed by atoms with Gasteiger partial charge >= 0.3 is 0 Å². The van der Waals surface area contributed by atoms with Gasteiger partial charge in [0.15, 0.2) is 0 Å². The molecule has 2 aliphatic heterocycles. The summed E-state index contributed by atoms with van der Waals surface area (Å²) in [5.74, 6) is 0.261. The van der Waals surface area contributed by atoms with Gasteiger partial charge in [-0.05, 0) is 58.3 Å². The van der Waals surface area contributed by atoms with E-state index < -0.39 is 0 Å². The molecule has 1 aromatic heterocycles. The maximum Gasteiger partial charge on any atom is 0.228 e. The normalized spacial score (nSPS) is 29.3. The summed E-state index contributed by atoms with van der Waals surface area (Å²) in [6.45, 7) is 6.44. The molecule has 0 aromatic carbocycles. The second-order valence-corrected chi connectivity index (χ2v) is 9.15. The third-order valence-corrected chi connectivity index (χ3v) is 7.55. The Balaban J connectivity index is 1.45. The predicted octanol–water partition coefficient (Wildman–Crippen LogP) is 2.93. The zero-order chi connectivity index (χ0) is 20.4. The lowest BCUT2D eigenvalue weighted by Gasteiger charge is -2.35. The topological polar surface area (TPSA) is 70.4 Å². The number of carbonyl (C=O) groups is 1. The number of nitrogens with zero attached hydrogens (tertiary/aromatic N) is 3. The van der Waals surface area contributed by atoms with Crippen molar-refractivity contribution in [1.82, 2.24) is 20.0 Å². The number of hydrogen-bond acceptors (Lipinski definition) is 4. The minimum Gasteiger partial charge on any atom is -0.394 e. The molecule has 1 aromatic rings. The van der Waals surface area contributed by atoms with E-state index in [1.54, 1.807) is 0 Å². The predicted molar refractivity (Wildman–Crippen MR) is 113 cm³/mol.